The summed E-state index contributed by atoms with van der Waals surface area (Å²) < 4.78 is 12.4. The first-order valence-corrected chi connectivity index (χ1v) is 13.2. The maximum Gasteiger partial charge on any atom is 0.337 e. The molecule has 3 aromatic carbocycles. The first-order chi connectivity index (χ1) is 15.8. The molecule has 2 nitrogen and oxygen atoms in total. The molecule has 1 atom stereocenters. The Morgan fingerprint density at radius 3 is 1.94 bits per heavy atom. The molecule has 0 heterocycles. The maximum atomic E-state index is 7.10. The molecule has 32 heavy (non-hydrogen) atoms. The summed E-state index contributed by atoms with van der Waals surface area (Å²) in [4.78, 5) is 0. The van der Waals surface area contributed by atoms with Gasteiger partial charge in [0.15, 0.2) is 0 Å². The van der Waals surface area contributed by atoms with Crippen molar-refractivity contribution in [2.24, 2.45) is 0 Å². The van der Waals surface area contributed by atoms with Gasteiger partial charge in [0.05, 0.1) is 6.10 Å². The minimum absolute atomic E-state index is 0.0286. The summed E-state index contributed by atoms with van der Waals surface area (Å²) in [6, 6.07) is 31.4. The lowest BCUT2D eigenvalue weighted by Gasteiger charge is -2.31. The number of hydrogen-bond donors (Lipinski definition) is 0. The van der Waals surface area contributed by atoms with Gasteiger partial charge in [0.1, 0.15) is 6.61 Å². The summed E-state index contributed by atoms with van der Waals surface area (Å²) in [5.41, 5.74) is 4.76. The Morgan fingerprint density at radius 1 is 0.844 bits per heavy atom. The number of ether oxygens (including phenoxy) is 1. The fourth-order valence-corrected chi connectivity index (χ4v) is 6.91. The molecule has 0 spiro atoms. The van der Waals surface area contributed by atoms with E-state index in [-0.39, 0.29) is 6.10 Å². The molecular formula is C29H32O2Si. The number of benzene rings is 3. The molecule has 0 saturated carbocycles. The van der Waals surface area contributed by atoms with Crippen LogP contribution in [0.5, 0.6) is 0 Å². The molecule has 0 radical (unpaired) electrons. The van der Waals surface area contributed by atoms with Gasteiger partial charge in [-0.1, -0.05) is 134 Å². The summed E-state index contributed by atoms with van der Waals surface area (Å²) in [5, 5.41) is 2.31. The van der Waals surface area contributed by atoms with Crippen LogP contribution < -0.4 is 10.4 Å². The minimum atomic E-state index is -2.83. The first-order valence-electron chi connectivity index (χ1n) is 11.3. The molecule has 164 valence electrons. The zero-order valence-corrected chi connectivity index (χ0v) is 20.0. The normalized spacial score (nSPS) is 12.3. The van der Waals surface area contributed by atoms with Crippen LogP contribution in [0.15, 0.2) is 97.1 Å². The summed E-state index contributed by atoms with van der Waals surface area (Å²) >= 11 is 0. The Hall–Kier alpha value is -2.90. The molecule has 3 aromatic rings. The monoisotopic (exact) mass is 440 g/mol. The summed E-state index contributed by atoms with van der Waals surface area (Å²) in [5.74, 6) is 3.25. The molecule has 0 fully saturated rings. The van der Waals surface area contributed by atoms with E-state index < -0.39 is 8.32 Å². The van der Waals surface area contributed by atoms with Crippen LogP contribution in [0.2, 0.25) is 0 Å². The number of rotatable bonds is 10. The quantitative estimate of drug-likeness (QED) is 0.318. The minimum Gasteiger partial charge on any atom is -0.392 e. The molecule has 0 N–H and O–H groups in total. The second kappa shape index (κ2) is 12.8. The van der Waals surface area contributed by atoms with Crippen molar-refractivity contribution in [3.05, 3.63) is 103 Å². The molecule has 3 rings (SSSR count). The van der Waals surface area contributed by atoms with Gasteiger partial charge in [0.2, 0.25) is 0 Å². The van der Waals surface area contributed by atoms with Gasteiger partial charge in [-0.15, -0.1) is 0 Å². The van der Waals surface area contributed by atoms with Crippen LogP contribution >= 0.6 is 0 Å². The summed E-state index contributed by atoms with van der Waals surface area (Å²) in [6.45, 7) is 2.60. The van der Waals surface area contributed by atoms with Gasteiger partial charge in [-0.05, 0) is 22.4 Å². The lowest BCUT2D eigenvalue weighted by Crippen LogP contribution is -2.61. The van der Waals surface area contributed by atoms with E-state index in [9.17, 15) is 0 Å². The Bertz CT molecular complexity index is 965. The Labute approximate surface area is 194 Å². The van der Waals surface area contributed by atoms with E-state index in [1.54, 1.807) is 7.11 Å². The van der Waals surface area contributed by atoms with E-state index in [4.69, 9.17) is 9.16 Å². The topological polar surface area (TPSA) is 18.5 Å². The third-order valence-corrected chi connectivity index (χ3v) is 8.79. The van der Waals surface area contributed by atoms with Gasteiger partial charge in [-0.3, -0.25) is 0 Å². The maximum absolute atomic E-state index is 7.10. The van der Waals surface area contributed by atoms with Gasteiger partial charge < -0.3 is 9.16 Å². The standard InChI is InChI=1S/C29H32O2Si/c1-3-4-17-27(23-22-26-15-8-5-9-16-26)31-32(25-14-24-30-2,28-18-10-6-11-19-28)29-20-12-7-13-21-29/h5-13,15-16,18-23,27H,3-4,17,24H2,1-2H3/b23-22+. The molecule has 0 bridgehead atoms. The number of unbranched alkanes of at least 4 members (excludes halogenated alkanes) is 1. The Morgan fingerprint density at radius 2 is 1.41 bits per heavy atom. The predicted molar refractivity (Wildman–Crippen MR) is 137 cm³/mol. The van der Waals surface area contributed by atoms with E-state index in [1.807, 2.05) is 18.2 Å². The summed E-state index contributed by atoms with van der Waals surface area (Å²) in [7, 11) is -1.15. The molecular weight excluding hydrogens is 408 g/mol. The summed E-state index contributed by atoms with van der Waals surface area (Å²) in [6.07, 6.45) is 7.52. The molecule has 3 heteroatoms. The number of hydrogen-bond acceptors (Lipinski definition) is 2. The van der Waals surface area contributed by atoms with Gasteiger partial charge in [0, 0.05) is 7.11 Å². The van der Waals surface area contributed by atoms with Crippen molar-refractivity contribution in [1.29, 1.82) is 0 Å². The highest BCUT2D eigenvalue weighted by Crippen LogP contribution is 2.17. The van der Waals surface area contributed by atoms with Crippen molar-refractivity contribution in [3.8, 4) is 11.5 Å². The third-order valence-electron chi connectivity index (χ3n) is 5.31. The molecule has 0 aliphatic carbocycles. The van der Waals surface area contributed by atoms with Crippen molar-refractivity contribution >= 4 is 24.8 Å². The third kappa shape index (κ3) is 6.55. The molecule has 0 aromatic heterocycles. The highest BCUT2D eigenvalue weighted by atomic mass is 28.4. The zero-order chi connectivity index (χ0) is 22.5. The highest BCUT2D eigenvalue weighted by molar-refractivity contribution is 7.03. The van der Waals surface area contributed by atoms with Crippen LogP contribution in [0.4, 0.5) is 0 Å². The zero-order valence-electron chi connectivity index (χ0n) is 19.0. The Kier molecular flexibility index (Phi) is 9.52. The lowest BCUT2D eigenvalue weighted by molar-refractivity contribution is 0.236. The second-order valence-electron chi connectivity index (χ2n) is 7.72. The van der Waals surface area contributed by atoms with Crippen molar-refractivity contribution < 1.29 is 9.16 Å². The molecule has 0 amide bonds. The van der Waals surface area contributed by atoms with Crippen molar-refractivity contribution in [1.82, 2.24) is 0 Å². The molecule has 0 aliphatic heterocycles. The van der Waals surface area contributed by atoms with Gasteiger partial charge in [-0.2, -0.15) is 0 Å². The van der Waals surface area contributed by atoms with Crippen LogP contribution in [-0.4, -0.2) is 28.1 Å². The van der Waals surface area contributed by atoms with E-state index in [1.165, 1.54) is 5.56 Å². The average Bonchev–Trinajstić information content (AvgIpc) is 2.86. The van der Waals surface area contributed by atoms with Crippen molar-refractivity contribution in [2.75, 3.05) is 13.7 Å². The molecule has 0 saturated heterocycles. The SMILES string of the molecule is CCCCC(/C=C/c1ccccc1)O[Si](C#CCOC)(c1ccccc1)c1ccccc1. The van der Waals surface area contributed by atoms with Gasteiger partial charge >= 0.3 is 8.32 Å². The first kappa shape index (κ1) is 23.8. The van der Waals surface area contributed by atoms with E-state index in [0.29, 0.717) is 6.61 Å². The highest BCUT2D eigenvalue weighted by Gasteiger charge is 2.40. The predicted octanol–water partition coefficient (Wildman–Crippen LogP) is 5.22. The Balaban J connectivity index is 2.07. The van der Waals surface area contributed by atoms with Gasteiger partial charge in [-0.25, -0.2) is 0 Å². The molecule has 1 unspecified atom stereocenters. The van der Waals surface area contributed by atoms with Crippen molar-refractivity contribution in [3.63, 3.8) is 0 Å². The second-order valence-corrected chi connectivity index (χ2v) is 10.7. The van der Waals surface area contributed by atoms with E-state index >= 15 is 0 Å². The fourth-order valence-electron chi connectivity index (χ4n) is 3.66. The number of methoxy groups -OCH3 is 1. The fraction of sp³-hybridized carbons (Fsp3) is 0.241. The average molecular weight is 441 g/mol. The van der Waals surface area contributed by atoms with E-state index in [2.05, 4.69) is 103 Å². The molecule has 0 aliphatic rings. The van der Waals surface area contributed by atoms with E-state index in [0.717, 1.165) is 29.6 Å². The van der Waals surface area contributed by atoms with Crippen LogP contribution in [-0.2, 0) is 9.16 Å². The van der Waals surface area contributed by atoms with Crippen LogP contribution in [0, 0.1) is 11.5 Å². The van der Waals surface area contributed by atoms with Crippen LogP contribution in [0.1, 0.15) is 31.7 Å². The lowest BCUT2D eigenvalue weighted by atomic mass is 10.1. The van der Waals surface area contributed by atoms with Gasteiger partial charge in [0.25, 0.3) is 0 Å². The van der Waals surface area contributed by atoms with Crippen LogP contribution in [0.3, 0.4) is 0 Å². The largest absolute Gasteiger partial charge is 0.392 e. The van der Waals surface area contributed by atoms with Crippen molar-refractivity contribution in [2.45, 2.75) is 32.3 Å². The van der Waals surface area contributed by atoms with Crippen LogP contribution in [0.25, 0.3) is 6.08 Å². The smallest absolute Gasteiger partial charge is 0.337 e.